The second-order valence-electron chi connectivity index (χ2n) is 9.65. The lowest BCUT2D eigenvalue weighted by Crippen LogP contribution is -2.20. The summed E-state index contributed by atoms with van der Waals surface area (Å²) < 4.78 is 7.63. The number of carboxylic acids is 1. The van der Waals surface area contributed by atoms with Gasteiger partial charge in [-0.2, -0.15) is 0 Å². The Morgan fingerprint density at radius 1 is 0.944 bits per heavy atom. The molecule has 1 aromatic heterocycles. The fourth-order valence-corrected chi connectivity index (χ4v) is 4.30. The zero-order valence-electron chi connectivity index (χ0n) is 21.2. The lowest BCUT2D eigenvalue weighted by Gasteiger charge is -2.20. The van der Waals surface area contributed by atoms with Crippen molar-refractivity contribution in [3.05, 3.63) is 83.6 Å². The zero-order valence-corrected chi connectivity index (χ0v) is 21.2. The van der Waals surface area contributed by atoms with E-state index in [2.05, 4.69) is 67.2 Å². The third kappa shape index (κ3) is 4.91. The largest absolute Gasteiger partial charge is 0.497 e. The molecule has 0 aliphatic carbocycles. The highest BCUT2D eigenvalue weighted by molar-refractivity contribution is 6.08. The summed E-state index contributed by atoms with van der Waals surface area (Å²) in [4.78, 5) is 24.1. The number of urea groups is 1. The molecular formula is C29H31N3O4. The second kappa shape index (κ2) is 9.77. The van der Waals surface area contributed by atoms with Gasteiger partial charge in [0.05, 0.1) is 23.9 Å². The van der Waals surface area contributed by atoms with Crippen LogP contribution in [-0.4, -0.2) is 28.8 Å². The summed E-state index contributed by atoms with van der Waals surface area (Å²) >= 11 is 0. The van der Waals surface area contributed by atoms with Crippen molar-refractivity contribution in [2.45, 2.75) is 39.5 Å². The molecule has 4 rings (SSSR count). The normalized spacial score (nSPS) is 11.4. The molecule has 1 heterocycles. The zero-order chi connectivity index (χ0) is 26.0. The first-order valence-corrected chi connectivity index (χ1v) is 11.9. The number of aromatic nitrogens is 1. The van der Waals surface area contributed by atoms with Crippen molar-refractivity contribution < 1.29 is 19.4 Å². The molecule has 0 fully saturated rings. The average molecular weight is 486 g/mol. The van der Waals surface area contributed by atoms with Crippen molar-refractivity contribution >= 4 is 34.3 Å². The van der Waals surface area contributed by atoms with Gasteiger partial charge in [-0.15, -0.1) is 0 Å². The Hall–Kier alpha value is -4.26. The Morgan fingerprint density at radius 2 is 1.61 bits per heavy atom. The molecule has 186 valence electrons. The third-order valence-corrected chi connectivity index (χ3v) is 6.23. The number of benzene rings is 3. The molecule has 0 saturated heterocycles. The van der Waals surface area contributed by atoms with Crippen LogP contribution < -0.4 is 15.4 Å². The quantitative estimate of drug-likeness (QED) is 0.279. The number of carboxylic acid groups (broad SMARTS) is 1. The van der Waals surface area contributed by atoms with E-state index in [1.54, 1.807) is 19.2 Å². The van der Waals surface area contributed by atoms with E-state index in [9.17, 15) is 9.59 Å². The van der Waals surface area contributed by atoms with E-state index in [0.717, 1.165) is 22.3 Å². The van der Waals surface area contributed by atoms with E-state index in [1.165, 1.54) is 17.7 Å². The number of anilines is 2. The minimum absolute atomic E-state index is 0.0473. The summed E-state index contributed by atoms with van der Waals surface area (Å²) in [6.07, 6.45) is 0.681. The predicted octanol–water partition coefficient (Wildman–Crippen LogP) is 6.84. The topological polar surface area (TPSA) is 92.6 Å². The number of methoxy groups -OCH3 is 1. The van der Waals surface area contributed by atoms with Crippen molar-refractivity contribution in [1.29, 1.82) is 0 Å². The molecule has 0 aliphatic heterocycles. The first kappa shape index (κ1) is 24.9. The van der Waals surface area contributed by atoms with Crippen LogP contribution in [-0.2, 0) is 11.8 Å². The van der Waals surface area contributed by atoms with Crippen LogP contribution in [0.25, 0.3) is 16.6 Å². The number of rotatable bonds is 6. The van der Waals surface area contributed by atoms with Gasteiger partial charge in [-0.25, -0.2) is 9.59 Å². The number of nitrogens with zero attached hydrogens (tertiary/aromatic N) is 1. The van der Waals surface area contributed by atoms with Gasteiger partial charge >= 0.3 is 12.0 Å². The Balaban J connectivity index is 1.75. The first-order valence-electron chi connectivity index (χ1n) is 11.9. The minimum atomic E-state index is -1.02. The van der Waals surface area contributed by atoms with Gasteiger partial charge in [-0.1, -0.05) is 39.8 Å². The average Bonchev–Trinajstić information content (AvgIpc) is 3.16. The molecule has 3 aromatic carbocycles. The van der Waals surface area contributed by atoms with E-state index >= 15 is 0 Å². The molecule has 0 bridgehead atoms. The maximum Gasteiger partial charge on any atom is 0.335 e. The Labute approximate surface area is 210 Å². The van der Waals surface area contributed by atoms with Crippen LogP contribution in [0, 0.1) is 0 Å². The molecule has 0 radical (unpaired) electrons. The number of hydrogen-bond acceptors (Lipinski definition) is 3. The van der Waals surface area contributed by atoms with E-state index < -0.39 is 12.0 Å². The van der Waals surface area contributed by atoms with Crippen molar-refractivity contribution in [2.24, 2.45) is 0 Å². The minimum Gasteiger partial charge on any atom is -0.497 e. The SMILES string of the molecule is CCc1c(NC(=O)Nc2ccc(C(=O)O)cc2)c2cc(OC)ccc2n1-c1ccc(C(C)(C)C)cc1. The molecular weight excluding hydrogens is 454 g/mol. The van der Waals surface area contributed by atoms with Crippen LogP contribution in [0.15, 0.2) is 66.7 Å². The highest BCUT2D eigenvalue weighted by Gasteiger charge is 2.21. The van der Waals surface area contributed by atoms with Gasteiger partial charge in [0.25, 0.3) is 0 Å². The molecule has 0 aliphatic rings. The lowest BCUT2D eigenvalue weighted by molar-refractivity contribution is 0.0697. The fraction of sp³-hybridized carbons (Fsp3) is 0.241. The van der Waals surface area contributed by atoms with Crippen LogP contribution in [0.5, 0.6) is 5.75 Å². The predicted molar refractivity (Wildman–Crippen MR) is 144 cm³/mol. The molecule has 0 unspecified atom stereocenters. The maximum atomic E-state index is 13.0. The van der Waals surface area contributed by atoms with Crippen LogP contribution in [0.1, 0.15) is 49.3 Å². The van der Waals surface area contributed by atoms with E-state index in [1.807, 2.05) is 18.2 Å². The van der Waals surface area contributed by atoms with Gasteiger partial charge in [0, 0.05) is 22.5 Å². The molecule has 0 saturated carbocycles. The highest BCUT2D eigenvalue weighted by atomic mass is 16.5. The van der Waals surface area contributed by atoms with E-state index in [4.69, 9.17) is 9.84 Å². The Kier molecular flexibility index (Phi) is 6.75. The van der Waals surface area contributed by atoms with Crippen molar-refractivity contribution in [3.63, 3.8) is 0 Å². The Morgan fingerprint density at radius 3 is 2.17 bits per heavy atom. The van der Waals surface area contributed by atoms with Gasteiger partial charge in [-0.05, 0) is 72.0 Å². The fourth-order valence-electron chi connectivity index (χ4n) is 4.30. The van der Waals surface area contributed by atoms with Gasteiger partial charge in [-0.3, -0.25) is 0 Å². The van der Waals surface area contributed by atoms with E-state index in [-0.39, 0.29) is 11.0 Å². The van der Waals surface area contributed by atoms with Gasteiger partial charge in [0.1, 0.15) is 5.75 Å². The maximum absolute atomic E-state index is 13.0. The number of carbonyl (C=O) groups excluding carboxylic acids is 1. The molecule has 7 heteroatoms. The van der Waals surface area contributed by atoms with Crippen molar-refractivity contribution in [3.8, 4) is 11.4 Å². The molecule has 3 N–H and O–H groups in total. The summed E-state index contributed by atoms with van der Waals surface area (Å²) in [7, 11) is 1.62. The van der Waals surface area contributed by atoms with Crippen LogP contribution in [0.4, 0.5) is 16.2 Å². The summed E-state index contributed by atoms with van der Waals surface area (Å²) in [6, 6.07) is 19.9. The monoisotopic (exact) mass is 485 g/mol. The standard InChI is InChI=1S/C29H31N3O4/c1-6-24-26(31-28(35)30-20-11-7-18(8-12-20)27(33)34)23-17-22(36-5)15-16-25(23)32(24)21-13-9-19(10-14-21)29(2,3)4/h7-17H,6H2,1-5H3,(H,33,34)(H2,30,31,35). The van der Waals surface area contributed by atoms with Gasteiger partial charge in [0.15, 0.2) is 0 Å². The van der Waals surface area contributed by atoms with Crippen molar-refractivity contribution in [2.75, 3.05) is 17.7 Å². The third-order valence-electron chi connectivity index (χ3n) is 6.23. The molecule has 2 amide bonds. The number of carbonyl (C=O) groups is 2. The van der Waals surface area contributed by atoms with Gasteiger partial charge in [0.2, 0.25) is 0 Å². The summed E-state index contributed by atoms with van der Waals surface area (Å²) in [5.74, 6) is -0.325. The lowest BCUT2D eigenvalue weighted by atomic mass is 9.87. The second-order valence-corrected chi connectivity index (χ2v) is 9.65. The van der Waals surface area contributed by atoms with Crippen LogP contribution >= 0.6 is 0 Å². The number of hydrogen-bond donors (Lipinski definition) is 3. The van der Waals surface area contributed by atoms with Gasteiger partial charge < -0.3 is 25.0 Å². The van der Waals surface area contributed by atoms with Crippen LogP contribution in [0.2, 0.25) is 0 Å². The van der Waals surface area contributed by atoms with Crippen LogP contribution in [0.3, 0.4) is 0 Å². The first-order chi connectivity index (χ1) is 17.1. The number of ether oxygens (including phenoxy) is 1. The smallest absolute Gasteiger partial charge is 0.335 e. The number of amides is 2. The van der Waals surface area contributed by atoms with E-state index in [0.29, 0.717) is 23.5 Å². The molecule has 36 heavy (non-hydrogen) atoms. The Bertz CT molecular complexity index is 1410. The highest BCUT2D eigenvalue weighted by Crippen LogP contribution is 2.37. The molecule has 0 atom stereocenters. The van der Waals surface area contributed by atoms with Crippen molar-refractivity contribution in [1.82, 2.24) is 4.57 Å². The molecule has 4 aromatic rings. The summed E-state index contributed by atoms with van der Waals surface area (Å²) in [5.41, 5.74) is 5.56. The molecule has 0 spiro atoms. The number of fused-ring (bicyclic) bond motifs is 1. The number of nitrogens with one attached hydrogen (secondary N) is 2. The molecule has 7 nitrogen and oxygen atoms in total. The summed E-state index contributed by atoms with van der Waals surface area (Å²) in [5, 5.41) is 15.8. The number of aromatic carboxylic acids is 1. The summed E-state index contributed by atoms with van der Waals surface area (Å²) in [6.45, 7) is 8.62.